The molecule has 4 rings (SSSR count). The van der Waals surface area contributed by atoms with Crippen LogP contribution in [0.25, 0.3) is 10.9 Å². The second-order valence-corrected chi connectivity index (χ2v) is 9.16. The summed E-state index contributed by atoms with van der Waals surface area (Å²) in [6.07, 6.45) is 3.35. The van der Waals surface area contributed by atoms with E-state index in [0.29, 0.717) is 10.6 Å². The minimum Gasteiger partial charge on any atom is -0.350 e. The van der Waals surface area contributed by atoms with Crippen LogP contribution < -0.4 is 5.32 Å². The number of rotatable bonds is 5. The van der Waals surface area contributed by atoms with Gasteiger partial charge in [0.1, 0.15) is 5.69 Å². The molecule has 0 fully saturated rings. The molecule has 0 saturated carbocycles. The molecule has 6 nitrogen and oxygen atoms in total. The van der Waals surface area contributed by atoms with Crippen molar-refractivity contribution in [2.45, 2.75) is 30.2 Å². The first-order chi connectivity index (χ1) is 14.3. The van der Waals surface area contributed by atoms with Crippen LogP contribution in [0.5, 0.6) is 0 Å². The maximum absolute atomic E-state index is 12.9. The van der Waals surface area contributed by atoms with Crippen LogP contribution in [0.3, 0.4) is 0 Å². The standard InChI is InChI=1S/C23H21N3O3S/c1-15-3-8-22(16(2)11-15)30(28,29)19-6-4-17(5-7-19)13-25-23(27)21-12-18-14-24-10-9-20(18)26-21/h3-12,14,26H,13H2,1-2H3,(H,25,27). The van der Waals surface area contributed by atoms with Crippen LogP contribution in [0.1, 0.15) is 27.2 Å². The van der Waals surface area contributed by atoms with Crippen LogP contribution >= 0.6 is 0 Å². The van der Waals surface area contributed by atoms with Crippen LogP contribution in [0, 0.1) is 13.8 Å². The molecule has 0 spiro atoms. The van der Waals surface area contributed by atoms with Crippen molar-refractivity contribution in [2.24, 2.45) is 0 Å². The molecule has 0 atom stereocenters. The monoisotopic (exact) mass is 419 g/mol. The van der Waals surface area contributed by atoms with Crippen molar-refractivity contribution in [3.05, 3.63) is 89.4 Å². The Morgan fingerprint density at radius 1 is 1.03 bits per heavy atom. The van der Waals surface area contributed by atoms with Gasteiger partial charge in [-0.2, -0.15) is 0 Å². The Bertz CT molecular complexity index is 1310. The first-order valence-corrected chi connectivity index (χ1v) is 10.9. The van der Waals surface area contributed by atoms with Gasteiger partial charge in [-0.25, -0.2) is 8.42 Å². The molecule has 0 aliphatic heterocycles. The van der Waals surface area contributed by atoms with Gasteiger partial charge in [0.05, 0.1) is 9.79 Å². The molecule has 2 heterocycles. The predicted octanol–water partition coefficient (Wildman–Crippen LogP) is 3.94. The van der Waals surface area contributed by atoms with Crippen molar-refractivity contribution in [3.63, 3.8) is 0 Å². The smallest absolute Gasteiger partial charge is 0.267 e. The van der Waals surface area contributed by atoms with Gasteiger partial charge >= 0.3 is 0 Å². The highest BCUT2D eigenvalue weighted by atomic mass is 32.2. The lowest BCUT2D eigenvalue weighted by Gasteiger charge is -2.10. The Kier molecular flexibility index (Phi) is 5.13. The zero-order valence-electron chi connectivity index (χ0n) is 16.6. The van der Waals surface area contributed by atoms with Gasteiger partial charge in [-0.05, 0) is 55.3 Å². The Hall–Kier alpha value is -3.45. The van der Waals surface area contributed by atoms with Crippen molar-refractivity contribution in [3.8, 4) is 0 Å². The summed E-state index contributed by atoms with van der Waals surface area (Å²) in [5.41, 5.74) is 3.84. The minimum absolute atomic E-state index is 0.229. The quantitative estimate of drug-likeness (QED) is 0.512. The van der Waals surface area contributed by atoms with E-state index in [9.17, 15) is 13.2 Å². The molecule has 7 heteroatoms. The normalized spacial score (nSPS) is 11.5. The highest BCUT2D eigenvalue weighted by Crippen LogP contribution is 2.25. The third-order valence-corrected chi connectivity index (χ3v) is 6.90. The molecule has 4 aromatic rings. The molecular formula is C23H21N3O3S. The number of aromatic amines is 1. The fourth-order valence-corrected chi connectivity index (χ4v) is 4.86. The molecule has 152 valence electrons. The molecule has 0 aliphatic carbocycles. The summed E-state index contributed by atoms with van der Waals surface area (Å²) in [7, 11) is -3.59. The lowest BCUT2D eigenvalue weighted by Crippen LogP contribution is -2.23. The molecule has 0 saturated heterocycles. The number of carbonyl (C=O) groups excluding carboxylic acids is 1. The second kappa shape index (κ2) is 7.76. The van der Waals surface area contributed by atoms with E-state index < -0.39 is 9.84 Å². The van der Waals surface area contributed by atoms with Gasteiger partial charge < -0.3 is 10.3 Å². The fraction of sp³-hybridized carbons (Fsp3) is 0.130. The van der Waals surface area contributed by atoms with Crippen molar-refractivity contribution in [1.29, 1.82) is 0 Å². The number of carbonyl (C=O) groups is 1. The predicted molar refractivity (Wildman–Crippen MR) is 115 cm³/mol. The van der Waals surface area contributed by atoms with E-state index in [-0.39, 0.29) is 17.3 Å². The number of benzene rings is 2. The average Bonchev–Trinajstić information content (AvgIpc) is 3.16. The maximum atomic E-state index is 12.9. The molecule has 0 radical (unpaired) electrons. The summed E-state index contributed by atoms with van der Waals surface area (Å²) in [5, 5.41) is 3.71. The largest absolute Gasteiger partial charge is 0.350 e. The number of nitrogens with one attached hydrogen (secondary N) is 2. The van der Waals surface area contributed by atoms with Gasteiger partial charge in [0.15, 0.2) is 0 Å². The molecule has 2 aromatic carbocycles. The first kappa shape index (κ1) is 19.8. The molecule has 2 N–H and O–H groups in total. The number of nitrogens with zero attached hydrogens (tertiary/aromatic N) is 1. The number of hydrogen-bond acceptors (Lipinski definition) is 4. The van der Waals surface area contributed by atoms with Crippen molar-refractivity contribution in [2.75, 3.05) is 0 Å². The summed E-state index contributed by atoms with van der Waals surface area (Å²) in [5.74, 6) is -0.238. The highest BCUT2D eigenvalue weighted by molar-refractivity contribution is 7.91. The van der Waals surface area contributed by atoms with Crippen molar-refractivity contribution < 1.29 is 13.2 Å². The number of amides is 1. The third kappa shape index (κ3) is 3.84. The van der Waals surface area contributed by atoms with Gasteiger partial charge in [-0.1, -0.05) is 29.8 Å². The number of aromatic nitrogens is 2. The minimum atomic E-state index is -3.59. The lowest BCUT2D eigenvalue weighted by molar-refractivity contribution is 0.0946. The Labute approximate surface area is 174 Å². The molecular weight excluding hydrogens is 398 g/mol. The van der Waals surface area contributed by atoms with Crippen LogP contribution in [0.4, 0.5) is 0 Å². The van der Waals surface area contributed by atoms with E-state index in [1.54, 1.807) is 67.8 Å². The van der Waals surface area contributed by atoms with Gasteiger partial charge in [0.2, 0.25) is 9.84 Å². The van der Waals surface area contributed by atoms with Gasteiger partial charge in [0, 0.05) is 29.8 Å². The number of H-pyrrole nitrogens is 1. The maximum Gasteiger partial charge on any atom is 0.267 e. The number of fused-ring (bicyclic) bond motifs is 1. The summed E-state index contributed by atoms with van der Waals surface area (Å²) in [6, 6.07) is 15.4. The van der Waals surface area contributed by atoms with E-state index >= 15 is 0 Å². The Morgan fingerprint density at radius 2 is 1.80 bits per heavy atom. The van der Waals surface area contributed by atoms with Gasteiger partial charge in [-0.15, -0.1) is 0 Å². The summed E-state index contributed by atoms with van der Waals surface area (Å²) in [4.78, 5) is 20.0. The highest BCUT2D eigenvalue weighted by Gasteiger charge is 2.19. The number of hydrogen-bond donors (Lipinski definition) is 2. The zero-order valence-corrected chi connectivity index (χ0v) is 17.5. The van der Waals surface area contributed by atoms with E-state index in [2.05, 4.69) is 15.3 Å². The molecule has 0 aliphatic rings. The lowest BCUT2D eigenvalue weighted by atomic mass is 10.2. The topological polar surface area (TPSA) is 91.9 Å². The number of aryl methyl sites for hydroxylation is 2. The van der Waals surface area contributed by atoms with E-state index in [1.165, 1.54) is 0 Å². The van der Waals surface area contributed by atoms with Crippen molar-refractivity contribution >= 4 is 26.6 Å². The Balaban J connectivity index is 1.47. The average molecular weight is 420 g/mol. The third-order valence-electron chi connectivity index (χ3n) is 4.97. The number of pyridine rings is 1. The molecule has 2 aromatic heterocycles. The summed E-state index contributed by atoms with van der Waals surface area (Å²) < 4.78 is 25.9. The van der Waals surface area contributed by atoms with E-state index in [1.807, 2.05) is 13.0 Å². The molecule has 0 bridgehead atoms. The fourth-order valence-electron chi connectivity index (χ4n) is 3.39. The molecule has 1 amide bonds. The van der Waals surface area contributed by atoms with Crippen LogP contribution in [-0.4, -0.2) is 24.3 Å². The van der Waals surface area contributed by atoms with Crippen LogP contribution in [-0.2, 0) is 16.4 Å². The van der Waals surface area contributed by atoms with Gasteiger partial charge in [-0.3, -0.25) is 9.78 Å². The second-order valence-electron chi connectivity index (χ2n) is 7.24. The van der Waals surface area contributed by atoms with Gasteiger partial charge in [0.25, 0.3) is 5.91 Å². The zero-order chi connectivity index (χ0) is 21.3. The summed E-state index contributed by atoms with van der Waals surface area (Å²) in [6.45, 7) is 4.01. The SMILES string of the molecule is Cc1ccc(S(=O)(=O)c2ccc(CNC(=O)c3cc4cnccc4[nH]3)cc2)c(C)c1. The number of sulfone groups is 1. The summed E-state index contributed by atoms with van der Waals surface area (Å²) >= 11 is 0. The van der Waals surface area contributed by atoms with Crippen LogP contribution in [0.15, 0.2) is 76.8 Å². The van der Waals surface area contributed by atoms with Crippen molar-refractivity contribution in [1.82, 2.24) is 15.3 Å². The molecule has 0 unspecified atom stereocenters. The Morgan fingerprint density at radius 3 is 2.50 bits per heavy atom. The first-order valence-electron chi connectivity index (χ1n) is 9.47. The van der Waals surface area contributed by atoms with E-state index in [4.69, 9.17) is 0 Å². The van der Waals surface area contributed by atoms with E-state index in [0.717, 1.165) is 27.6 Å². The molecule has 30 heavy (non-hydrogen) atoms. The van der Waals surface area contributed by atoms with Crippen LogP contribution in [0.2, 0.25) is 0 Å².